The summed E-state index contributed by atoms with van der Waals surface area (Å²) in [5.74, 6) is -2.11. The molecule has 0 saturated carbocycles. The molecule has 0 spiro atoms. The summed E-state index contributed by atoms with van der Waals surface area (Å²) in [6.45, 7) is 3.74. The third kappa shape index (κ3) is 5.58. The minimum absolute atomic E-state index is 0.0671. The van der Waals surface area contributed by atoms with Crippen LogP contribution in [0.25, 0.3) is 0 Å². The number of carbonyl (C=O) groups is 2. The van der Waals surface area contributed by atoms with Crippen LogP contribution in [0.3, 0.4) is 0 Å². The monoisotopic (exact) mass is 479 g/mol. The van der Waals surface area contributed by atoms with Crippen LogP contribution in [0.4, 0.5) is 13.2 Å². The van der Waals surface area contributed by atoms with Gasteiger partial charge in [-0.25, -0.2) is 4.79 Å². The number of nitrogens with zero attached hydrogens (tertiary/aromatic N) is 1. The van der Waals surface area contributed by atoms with E-state index in [2.05, 4.69) is 0 Å². The zero-order valence-electron chi connectivity index (χ0n) is 18.4. The Bertz CT molecular complexity index is 1060. The largest absolute Gasteiger partial charge is 0.463 e. The highest BCUT2D eigenvalue weighted by molar-refractivity contribution is 6.30. The third-order valence-electron chi connectivity index (χ3n) is 5.52. The molecule has 1 aliphatic heterocycles. The van der Waals surface area contributed by atoms with Gasteiger partial charge in [0.05, 0.1) is 24.3 Å². The zero-order chi connectivity index (χ0) is 24.2. The number of hydrogen-bond acceptors (Lipinski definition) is 3. The molecular weight excluding hydrogens is 455 g/mol. The molecule has 2 aromatic rings. The van der Waals surface area contributed by atoms with Gasteiger partial charge in [-0.1, -0.05) is 55.3 Å². The highest BCUT2D eigenvalue weighted by atomic mass is 35.5. The summed E-state index contributed by atoms with van der Waals surface area (Å²) in [5, 5.41) is 0.501. The number of allylic oxidation sites excluding steroid dienone is 1. The van der Waals surface area contributed by atoms with Gasteiger partial charge in [0, 0.05) is 23.1 Å². The minimum atomic E-state index is -4.62. The molecule has 0 N–H and O–H groups in total. The molecule has 2 aromatic carbocycles. The van der Waals surface area contributed by atoms with Gasteiger partial charge in [-0.3, -0.25) is 4.79 Å². The van der Waals surface area contributed by atoms with Crippen molar-refractivity contribution in [3.63, 3.8) is 0 Å². The van der Waals surface area contributed by atoms with Gasteiger partial charge >= 0.3 is 12.1 Å². The summed E-state index contributed by atoms with van der Waals surface area (Å²) in [5.41, 5.74) is 0.300. The van der Waals surface area contributed by atoms with Crippen LogP contribution in [0.1, 0.15) is 55.7 Å². The molecule has 0 aliphatic carbocycles. The average molecular weight is 480 g/mol. The summed E-state index contributed by atoms with van der Waals surface area (Å²) in [6.07, 6.45) is -3.96. The van der Waals surface area contributed by atoms with Gasteiger partial charge in [0.1, 0.15) is 0 Å². The van der Waals surface area contributed by atoms with Crippen molar-refractivity contribution in [3.05, 3.63) is 81.5 Å². The maximum atomic E-state index is 13.8. The van der Waals surface area contributed by atoms with Crippen LogP contribution in [0.5, 0.6) is 0 Å². The first-order valence-corrected chi connectivity index (χ1v) is 11.2. The van der Waals surface area contributed by atoms with Gasteiger partial charge in [0.2, 0.25) is 5.91 Å². The van der Waals surface area contributed by atoms with Crippen molar-refractivity contribution in [3.8, 4) is 0 Å². The van der Waals surface area contributed by atoms with E-state index in [0.29, 0.717) is 23.6 Å². The molecule has 176 valence electrons. The Kier molecular flexibility index (Phi) is 7.84. The number of ether oxygens (including phenoxy) is 1. The fourth-order valence-electron chi connectivity index (χ4n) is 4.19. The lowest BCUT2D eigenvalue weighted by Crippen LogP contribution is -2.39. The molecule has 8 heteroatoms. The molecule has 1 heterocycles. The van der Waals surface area contributed by atoms with E-state index in [4.69, 9.17) is 16.3 Å². The lowest BCUT2D eigenvalue weighted by Gasteiger charge is -2.36. The summed E-state index contributed by atoms with van der Waals surface area (Å²) in [6, 6.07) is 12.1. The van der Waals surface area contributed by atoms with E-state index in [1.807, 2.05) is 6.92 Å². The quantitative estimate of drug-likeness (QED) is 0.426. The van der Waals surface area contributed by atoms with Crippen LogP contribution in [0.15, 0.2) is 59.8 Å². The van der Waals surface area contributed by atoms with E-state index in [9.17, 15) is 22.8 Å². The van der Waals surface area contributed by atoms with Crippen molar-refractivity contribution in [2.75, 3.05) is 6.61 Å². The molecule has 0 saturated heterocycles. The lowest BCUT2D eigenvalue weighted by molar-refractivity contribution is -0.142. The lowest BCUT2D eigenvalue weighted by atomic mass is 9.80. The van der Waals surface area contributed by atoms with Gasteiger partial charge in [0.15, 0.2) is 0 Å². The number of alkyl halides is 3. The van der Waals surface area contributed by atoms with Crippen molar-refractivity contribution in [2.45, 2.75) is 51.7 Å². The predicted octanol–water partition coefficient (Wildman–Crippen LogP) is 6.49. The first kappa shape index (κ1) is 24.8. The molecule has 33 heavy (non-hydrogen) atoms. The molecule has 1 unspecified atom stereocenters. The van der Waals surface area contributed by atoms with Gasteiger partial charge in [-0.05, 0) is 42.7 Å². The van der Waals surface area contributed by atoms with Crippen molar-refractivity contribution < 1.29 is 27.5 Å². The SMILES string of the molecule is CCCC1=C(C(=O)OCC)C(c2ccccc2C(F)(F)F)CC(=O)N1Cc1cccc(Cl)c1. The van der Waals surface area contributed by atoms with Crippen LogP contribution < -0.4 is 0 Å². The molecule has 0 bridgehead atoms. The smallest absolute Gasteiger partial charge is 0.416 e. The Labute approximate surface area is 196 Å². The van der Waals surface area contributed by atoms with Gasteiger partial charge < -0.3 is 9.64 Å². The Morgan fingerprint density at radius 1 is 1.15 bits per heavy atom. The fraction of sp³-hybridized carbons (Fsp3) is 0.360. The summed E-state index contributed by atoms with van der Waals surface area (Å²) in [7, 11) is 0. The highest BCUT2D eigenvalue weighted by Gasteiger charge is 2.42. The number of hydrogen-bond donors (Lipinski definition) is 0. The molecule has 0 aromatic heterocycles. The molecular formula is C25H25ClF3NO3. The second-order valence-electron chi connectivity index (χ2n) is 7.78. The third-order valence-corrected chi connectivity index (χ3v) is 5.75. The van der Waals surface area contributed by atoms with E-state index in [1.165, 1.54) is 23.1 Å². The second-order valence-corrected chi connectivity index (χ2v) is 8.22. The number of halogens is 4. The van der Waals surface area contributed by atoms with Crippen LogP contribution in [-0.2, 0) is 27.0 Å². The average Bonchev–Trinajstić information content (AvgIpc) is 2.75. The van der Waals surface area contributed by atoms with Gasteiger partial charge in [0.25, 0.3) is 0 Å². The molecule has 4 nitrogen and oxygen atoms in total. The first-order valence-electron chi connectivity index (χ1n) is 10.8. The van der Waals surface area contributed by atoms with Crippen LogP contribution >= 0.6 is 11.6 Å². The standard InChI is InChI=1S/C25H25ClF3NO3/c1-3-8-21-23(24(32)33-4-2)19(18-11-5-6-12-20(18)25(27,28)29)14-22(31)30(21)15-16-9-7-10-17(26)13-16/h5-7,9-13,19H,3-4,8,14-15H2,1-2H3. The summed E-state index contributed by atoms with van der Waals surface area (Å²) < 4.78 is 46.6. The Hall–Kier alpha value is -2.80. The van der Waals surface area contributed by atoms with Crippen molar-refractivity contribution in [2.24, 2.45) is 0 Å². The molecule has 1 atom stereocenters. The van der Waals surface area contributed by atoms with E-state index in [-0.39, 0.29) is 36.6 Å². The van der Waals surface area contributed by atoms with Crippen molar-refractivity contribution in [1.82, 2.24) is 4.90 Å². The Morgan fingerprint density at radius 2 is 1.88 bits per heavy atom. The van der Waals surface area contributed by atoms with Crippen LogP contribution in [-0.4, -0.2) is 23.4 Å². The van der Waals surface area contributed by atoms with E-state index < -0.39 is 23.6 Å². The second kappa shape index (κ2) is 10.4. The maximum Gasteiger partial charge on any atom is 0.416 e. The maximum absolute atomic E-state index is 13.8. The summed E-state index contributed by atoms with van der Waals surface area (Å²) in [4.78, 5) is 27.8. The summed E-state index contributed by atoms with van der Waals surface area (Å²) >= 11 is 6.08. The molecule has 3 rings (SSSR count). The molecule has 0 radical (unpaired) electrons. The molecule has 1 amide bonds. The van der Waals surface area contributed by atoms with Gasteiger partial charge in [-0.2, -0.15) is 13.2 Å². The zero-order valence-corrected chi connectivity index (χ0v) is 19.2. The number of carbonyl (C=O) groups excluding carboxylic acids is 2. The topological polar surface area (TPSA) is 46.6 Å². The Balaban J connectivity index is 2.19. The number of amides is 1. The fourth-order valence-corrected chi connectivity index (χ4v) is 4.40. The van der Waals surface area contributed by atoms with Gasteiger partial charge in [-0.15, -0.1) is 0 Å². The molecule has 1 aliphatic rings. The number of rotatable bonds is 7. The predicted molar refractivity (Wildman–Crippen MR) is 119 cm³/mol. The van der Waals surface area contributed by atoms with E-state index in [1.54, 1.807) is 31.2 Å². The Morgan fingerprint density at radius 3 is 2.52 bits per heavy atom. The van der Waals surface area contributed by atoms with E-state index >= 15 is 0 Å². The molecule has 0 fully saturated rings. The number of benzene rings is 2. The van der Waals surface area contributed by atoms with Crippen LogP contribution in [0.2, 0.25) is 5.02 Å². The first-order chi connectivity index (χ1) is 15.7. The number of esters is 1. The minimum Gasteiger partial charge on any atom is -0.463 e. The highest BCUT2D eigenvalue weighted by Crippen LogP contribution is 2.44. The van der Waals surface area contributed by atoms with Crippen molar-refractivity contribution in [1.29, 1.82) is 0 Å². The van der Waals surface area contributed by atoms with Crippen molar-refractivity contribution >= 4 is 23.5 Å². The van der Waals surface area contributed by atoms with Crippen LogP contribution in [0, 0.1) is 0 Å². The normalized spacial score (nSPS) is 16.8. The van der Waals surface area contributed by atoms with E-state index in [0.717, 1.165) is 11.6 Å².